The van der Waals surface area contributed by atoms with Crippen LogP contribution in [-0.4, -0.2) is 47.2 Å². The minimum atomic E-state index is -4.85. The molecule has 0 aliphatic rings. The highest BCUT2D eigenvalue weighted by atomic mass is 35.5. The van der Waals surface area contributed by atoms with Gasteiger partial charge in [-0.05, 0) is 18.6 Å². The van der Waals surface area contributed by atoms with Crippen LogP contribution in [0, 0.1) is 12.7 Å². The monoisotopic (exact) mass is 459 g/mol. The molecule has 1 aromatic carbocycles. The Kier molecular flexibility index (Phi) is 6.55. The molecule has 150 valence electrons. The number of rotatable bonds is 7. The SMILES string of the molecule is CC(=O)N(CP(=O)(O)O)S(=O)(=O)c1sc2c(F)cc(OCCCl)cc2c1C. The van der Waals surface area contributed by atoms with E-state index in [1.165, 1.54) is 13.0 Å². The van der Waals surface area contributed by atoms with Crippen LogP contribution in [0.4, 0.5) is 4.39 Å². The van der Waals surface area contributed by atoms with Gasteiger partial charge in [0.2, 0.25) is 5.91 Å². The molecular formula is C14H16ClFNO7PS2. The summed E-state index contributed by atoms with van der Waals surface area (Å²) in [5, 5.41) is 0.253. The molecule has 0 atom stereocenters. The zero-order valence-electron chi connectivity index (χ0n) is 14.2. The van der Waals surface area contributed by atoms with Crippen LogP contribution in [0.1, 0.15) is 12.5 Å². The molecule has 0 aliphatic heterocycles. The van der Waals surface area contributed by atoms with Gasteiger partial charge < -0.3 is 14.5 Å². The lowest BCUT2D eigenvalue weighted by molar-refractivity contribution is -0.123. The van der Waals surface area contributed by atoms with Gasteiger partial charge in [0.05, 0.1) is 10.6 Å². The van der Waals surface area contributed by atoms with Crippen LogP contribution in [0.2, 0.25) is 0 Å². The van der Waals surface area contributed by atoms with Crippen LogP contribution >= 0.6 is 30.5 Å². The first-order valence-corrected chi connectivity index (χ1v) is 12.0. The first-order valence-electron chi connectivity index (χ1n) is 7.37. The molecule has 2 aromatic rings. The van der Waals surface area contributed by atoms with E-state index in [9.17, 15) is 22.2 Å². The first-order chi connectivity index (χ1) is 12.4. The molecule has 0 spiro atoms. The number of sulfonamides is 1. The Morgan fingerprint density at radius 1 is 1.41 bits per heavy atom. The number of carbonyl (C=O) groups excluding carboxylic acids is 1. The Balaban J connectivity index is 2.63. The van der Waals surface area contributed by atoms with Gasteiger partial charge in [0, 0.05) is 18.4 Å². The molecule has 2 rings (SSSR count). The Labute approximate surface area is 163 Å². The second-order valence-corrected chi connectivity index (χ2v) is 10.6. The minimum Gasteiger partial charge on any atom is -0.492 e. The third-order valence-corrected chi connectivity index (χ3v) is 8.19. The quantitative estimate of drug-likeness (QED) is 0.482. The Bertz CT molecular complexity index is 1030. The van der Waals surface area contributed by atoms with Crippen LogP contribution in [-0.2, 0) is 19.4 Å². The summed E-state index contributed by atoms with van der Waals surface area (Å²) in [6, 6.07) is 2.52. The van der Waals surface area contributed by atoms with E-state index in [4.69, 9.17) is 26.1 Å². The fraction of sp³-hybridized carbons (Fsp3) is 0.357. The summed E-state index contributed by atoms with van der Waals surface area (Å²) >= 11 is 6.10. The highest BCUT2D eigenvalue weighted by Gasteiger charge is 2.35. The lowest BCUT2D eigenvalue weighted by Crippen LogP contribution is -2.35. The van der Waals surface area contributed by atoms with E-state index in [0.29, 0.717) is 11.3 Å². The van der Waals surface area contributed by atoms with Crippen molar-refractivity contribution in [3.05, 3.63) is 23.5 Å². The van der Waals surface area contributed by atoms with Crippen LogP contribution in [0.25, 0.3) is 10.1 Å². The summed E-state index contributed by atoms with van der Waals surface area (Å²) < 4.78 is 56.2. The molecule has 1 aromatic heterocycles. The summed E-state index contributed by atoms with van der Waals surface area (Å²) in [7, 11) is -9.44. The molecule has 0 aliphatic carbocycles. The zero-order valence-corrected chi connectivity index (χ0v) is 17.5. The summed E-state index contributed by atoms with van der Waals surface area (Å²) in [6.07, 6.45) is -1.30. The van der Waals surface area contributed by atoms with Crippen molar-refractivity contribution < 1.29 is 36.7 Å². The summed E-state index contributed by atoms with van der Waals surface area (Å²) in [5.74, 6) is -1.46. The lowest BCUT2D eigenvalue weighted by atomic mass is 10.2. The van der Waals surface area contributed by atoms with Crippen molar-refractivity contribution in [2.75, 3.05) is 18.8 Å². The molecule has 0 saturated heterocycles. The van der Waals surface area contributed by atoms with Crippen molar-refractivity contribution in [1.82, 2.24) is 4.31 Å². The molecular weight excluding hydrogens is 444 g/mol. The fourth-order valence-corrected chi connectivity index (χ4v) is 6.90. The van der Waals surface area contributed by atoms with Gasteiger partial charge in [-0.3, -0.25) is 9.36 Å². The second-order valence-electron chi connectivity index (χ2n) is 5.51. The van der Waals surface area contributed by atoms with Gasteiger partial charge in [0.15, 0.2) is 0 Å². The summed E-state index contributed by atoms with van der Waals surface area (Å²) in [4.78, 5) is 29.9. The molecule has 1 heterocycles. The lowest BCUT2D eigenvalue weighted by Gasteiger charge is -2.20. The van der Waals surface area contributed by atoms with Crippen molar-refractivity contribution in [3.8, 4) is 5.75 Å². The number of amides is 1. The molecule has 13 heteroatoms. The summed E-state index contributed by atoms with van der Waals surface area (Å²) in [6.45, 7) is 2.40. The van der Waals surface area contributed by atoms with E-state index >= 15 is 0 Å². The molecule has 2 N–H and O–H groups in total. The number of hydrogen-bond donors (Lipinski definition) is 2. The van der Waals surface area contributed by atoms with Crippen molar-refractivity contribution in [1.29, 1.82) is 0 Å². The predicted octanol–water partition coefficient (Wildman–Crippen LogP) is 2.64. The fourth-order valence-electron chi connectivity index (χ4n) is 2.33. The van der Waals surface area contributed by atoms with Gasteiger partial charge >= 0.3 is 7.60 Å². The molecule has 0 radical (unpaired) electrons. The van der Waals surface area contributed by atoms with Gasteiger partial charge in [-0.1, -0.05) is 0 Å². The van der Waals surface area contributed by atoms with Crippen molar-refractivity contribution >= 4 is 56.6 Å². The molecule has 0 unspecified atom stereocenters. The number of alkyl halides is 1. The van der Waals surface area contributed by atoms with E-state index < -0.39 is 35.6 Å². The van der Waals surface area contributed by atoms with Gasteiger partial charge in [-0.2, -0.15) is 0 Å². The topological polar surface area (TPSA) is 121 Å². The standard InChI is InChI=1S/C14H16ClFNO7PS2/c1-8-11-5-10(24-4-3-15)6-12(16)13(11)26-14(8)27(22,23)17(9(2)18)7-25(19,20)21/h5-6H,3-4,7H2,1-2H3,(H2,19,20,21). The van der Waals surface area contributed by atoms with E-state index in [0.717, 1.165) is 13.0 Å². The summed E-state index contributed by atoms with van der Waals surface area (Å²) in [5.41, 5.74) is 0.141. The molecule has 0 saturated carbocycles. The Morgan fingerprint density at radius 3 is 2.56 bits per heavy atom. The van der Waals surface area contributed by atoms with Gasteiger partial charge in [0.25, 0.3) is 10.0 Å². The molecule has 0 fully saturated rings. The largest absolute Gasteiger partial charge is 0.492 e. The van der Waals surface area contributed by atoms with Crippen molar-refractivity contribution in [2.24, 2.45) is 0 Å². The van der Waals surface area contributed by atoms with Crippen LogP contribution in [0.5, 0.6) is 5.75 Å². The smallest absolute Gasteiger partial charge is 0.346 e. The number of benzene rings is 1. The first kappa shape index (κ1) is 22.1. The third kappa shape index (κ3) is 4.79. The number of halogens is 2. The number of hydrogen-bond acceptors (Lipinski definition) is 6. The highest BCUT2D eigenvalue weighted by molar-refractivity contribution is 7.92. The van der Waals surface area contributed by atoms with Crippen molar-refractivity contribution in [3.63, 3.8) is 0 Å². The molecule has 1 amide bonds. The number of fused-ring (bicyclic) bond motifs is 1. The van der Waals surface area contributed by atoms with Gasteiger partial charge in [0.1, 0.15) is 28.7 Å². The second kappa shape index (κ2) is 8.02. The maximum Gasteiger partial charge on any atom is 0.346 e. The number of aryl methyl sites for hydroxylation is 1. The van der Waals surface area contributed by atoms with Gasteiger partial charge in [-0.25, -0.2) is 17.1 Å². The maximum atomic E-state index is 14.4. The Hall–Kier alpha value is -1.23. The van der Waals surface area contributed by atoms with E-state index in [-0.39, 0.29) is 42.4 Å². The highest BCUT2D eigenvalue weighted by Crippen LogP contribution is 2.42. The molecule has 27 heavy (non-hydrogen) atoms. The number of ether oxygens (including phenoxy) is 1. The molecule has 0 bridgehead atoms. The van der Waals surface area contributed by atoms with E-state index in [1.54, 1.807) is 0 Å². The average molecular weight is 460 g/mol. The van der Waals surface area contributed by atoms with Crippen LogP contribution in [0.15, 0.2) is 16.3 Å². The minimum absolute atomic E-state index is 0.0176. The zero-order chi connectivity index (χ0) is 20.6. The predicted molar refractivity (Wildman–Crippen MR) is 99.4 cm³/mol. The number of carbonyl (C=O) groups is 1. The van der Waals surface area contributed by atoms with Gasteiger partial charge in [-0.15, -0.1) is 22.9 Å². The third-order valence-electron chi connectivity index (χ3n) is 3.46. The maximum absolute atomic E-state index is 14.4. The number of thiophene rings is 1. The molecule has 8 nitrogen and oxygen atoms in total. The van der Waals surface area contributed by atoms with E-state index in [1.807, 2.05) is 0 Å². The normalized spacial score (nSPS) is 12.4. The van der Waals surface area contributed by atoms with Crippen molar-refractivity contribution in [2.45, 2.75) is 18.1 Å². The van der Waals surface area contributed by atoms with Crippen LogP contribution in [0.3, 0.4) is 0 Å². The number of nitrogens with zero attached hydrogens (tertiary/aromatic N) is 1. The van der Waals surface area contributed by atoms with E-state index in [2.05, 4.69) is 0 Å². The average Bonchev–Trinajstić information content (AvgIpc) is 2.88. The van der Waals surface area contributed by atoms with Crippen LogP contribution < -0.4 is 4.74 Å². The Morgan fingerprint density at radius 2 is 2.04 bits per heavy atom.